The molecular weight excluding hydrogens is 332 g/mol. The fraction of sp³-hybridized carbons (Fsp3) is 0.208. The number of hydrogen-bond donors (Lipinski definition) is 0. The van der Waals surface area contributed by atoms with Crippen LogP contribution in [0.1, 0.15) is 45.7 Å². The Hall–Kier alpha value is -3.25. The lowest BCUT2D eigenvalue weighted by Gasteiger charge is -2.33. The zero-order valence-electron chi connectivity index (χ0n) is 15.6. The van der Waals surface area contributed by atoms with Gasteiger partial charge in [-0.25, -0.2) is 0 Å². The molecule has 0 fully saturated rings. The van der Waals surface area contributed by atoms with Crippen molar-refractivity contribution in [3.05, 3.63) is 94.8 Å². The fourth-order valence-corrected chi connectivity index (χ4v) is 3.56. The Balaban J connectivity index is 1.58. The minimum Gasteiger partial charge on any atom is -0.340 e. The van der Waals surface area contributed by atoms with Gasteiger partial charge in [-0.15, -0.1) is 0 Å². The minimum absolute atomic E-state index is 0.0594. The summed E-state index contributed by atoms with van der Waals surface area (Å²) in [6.07, 6.45) is 1.99. The number of nitrogens with zero attached hydrogens (tertiary/aromatic N) is 2. The van der Waals surface area contributed by atoms with Crippen LogP contribution in [0.4, 0.5) is 0 Å². The van der Waals surface area contributed by atoms with Crippen molar-refractivity contribution >= 4 is 5.91 Å². The first kappa shape index (κ1) is 17.2. The summed E-state index contributed by atoms with van der Waals surface area (Å²) >= 11 is 0. The van der Waals surface area contributed by atoms with Gasteiger partial charge in [-0.3, -0.25) is 4.79 Å². The molecular formula is C24H22N2O. The van der Waals surface area contributed by atoms with Crippen LogP contribution in [0.3, 0.4) is 0 Å². The highest BCUT2D eigenvalue weighted by molar-refractivity contribution is 5.94. The third-order valence-electron chi connectivity index (χ3n) is 5.08. The molecule has 134 valence electrons. The van der Waals surface area contributed by atoms with Gasteiger partial charge in [0.25, 0.3) is 5.91 Å². The van der Waals surface area contributed by atoms with Gasteiger partial charge in [0.15, 0.2) is 0 Å². The molecule has 27 heavy (non-hydrogen) atoms. The van der Waals surface area contributed by atoms with Gasteiger partial charge in [0.1, 0.15) is 5.69 Å². The van der Waals surface area contributed by atoms with E-state index in [0.29, 0.717) is 6.54 Å². The number of fused-ring (bicyclic) bond motifs is 1. The summed E-state index contributed by atoms with van der Waals surface area (Å²) in [5.41, 5.74) is 4.94. The van der Waals surface area contributed by atoms with Crippen LogP contribution in [0.25, 0.3) is 0 Å². The number of aryl methyl sites for hydroxylation is 1. The third kappa shape index (κ3) is 3.52. The van der Waals surface area contributed by atoms with Crippen LogP contribution >= 0.6 is 0 Å². The number of carbonyl (C=O) groups is 1. The van der Waals surface area contributed by atoms with Crippen molar-refractivity contribution in [2.75, 3.05) is 6.54 Å². The number of aromatic nitrogens is 1. The highest BCUT2D eigenvalue weighted by atomic mass is 16.2. The lowest BCUT2D eigenvalue weighted by atomic mass is 10.1. The van der Waals surface area contributed by atoms with Crippen LogP contribution in [0.2, 0.25) is 0 Å². The second-order valence-electron chi connectivity index (χ2n) is 7.01. The smallest absolute Gasteiger partial charge is 0.271 e. The van der Waals surface area contributed by atoms with E-state index in [1.807, 2.05) is 52.1 Å². The predicted molar refractivity (Wildman–Crippen MR) is 107 cm³/mol. The van der Waals surface area contributed by atoms with Crippen LogP contribution in [-0.4, -0.2) is 21.9 Å². The van der Waals surface area contributed by atoms with Gasteiger partial charge in [0.2, 0.25) is 0 Å². The molecule has 1 aromatic heterocycles. The molecule has 0 unspecified atom stereocenters. The first-order chi connectivity index (χ1) is 13.1. The van der Waals surface area contributed by atoms with Gasteiger partial charge < -0.3 is 9.47 Å². The zero-order chi connectivity index (χ0) is 18.8. The Bertz CT molecular complexity index is 1040. The normalized spacial score (nSPS) is 14.3. The van der Waals surface area contributed by atoms with Crippen molar-refractivity contribution in [3.8, 4) is 11.8 Å². The summed E-state index contributed by atoms with van der Waals surface area (Å²) in [5.74, 6) is 6.47. The average molecular weight is 354 g/mol. The van der Waals surface area contributed by atoms with E-state index in [-0.39, 0.29) is 11.9 Å². The first-order valence-electron chi connectivity index (χ1n) is 9.26. The lowest BCUT2D eigenvalue weighted by molar-refractivity contribution is 0.0632. The van der Waals surface area contributed by atoms with Crippen LogP contribution in [0.5, 0.6) is 0 Å². The zero-order valence-corrected chi connectivity index (χ0v) is 15.6. The van der Waals surface area contributed by atoms with Gasteiger partial charge in [0, 0.05) is 30.4 Å². The summed E-state index contributed by atoms with van der Waals surface area (Å²) in [5, 5.41) is 0. The number of benzene rings is 2. The van der Waals surface area contributed by atoms with Crippen molar-refractivity contribution in [2.24, 2.45) is 0 Å². The third-order valence-corrected chi connectivity index (χ3v) is 5.08. The molecule has 0 N–H and O–H groups in total. The van der Waals surface area contributed by atoms with Gasteiger partial charge in [-0.2, -0.15) is 0 Å². The predicted octanol–water partition coefficient (Wildman–Crippen LogP) is 4.41. The molecule has 2 heterocycles. The van der Waals surface area contributed by atoms with E-state index < -0.39 is 0 Å². The summed E-state index contributed by atoms with van der Waals surface area (Å²) < 4.78 is 2.02. The molecule has 2 aromatic carbocycles. The van der Waals surface area contributed by atoms with Gasteiger partial charge in [-0.1, -0.05) is 54.3 Å². The van der Waals surface area contributed by atoms with E-state index in [1.165, 1.54) is 5.56 Å². The quantitative estimate of drug-likeness (QED) is 0.626. The Kier molecular flexibility index (Phi) is 4.56. The minimum atomic E-state index is 0.0594. The maximum Gasteiger partial charge on any atom is 0.271 e. The molecule has 0 saturated heterocycles. The summed E-state index contributed by atoms with van der Waals surface area (Å²) in [6, 6.07) is 20.3. The second-order valence-corrected chi connectivity index (χ2v) is 7.01. The second kappa shape index (κ2) is 7.17. The highest BCUT2D eigenvalue weighted by Gasteiger charge is 2.29. The number of amides is 1. The van der Waals surface area contributed by atoms with Crippen LogP contribution in [0, 0.1) is 18.8 Å². The maximum atomic E-state index is 13.0. The Morgan fingerprint density at radius 3 is 2.48 bits per heavy atom. The molecule has 4 rings (SSSR count). The SMILES string of the molecule is Cc1cccc(C#Cc2cc3n(c2)CCN([C@H](C)c2ccccc2)C3=O)c1. The molecule has 1 atom stereocenters. The molecule has 3 nitrogen and oxygen atoms in total. The van der Waals surface area contributed by atoms with E-state index in [9.17, 15) is 4.79 Å². The molecule has 3 aromatic rings. The van der Waals surface area contributed by atoms with Crippen molar-refractivity contribution < 1.29 is 4.79 Å². The van der Waals surface area contributed by atoms with E-state index in [2.05, 4.69) is 50.0 Å². The molecule has 1 amide bonds. The largest absolute Gasteiger partial charge is 0.340 e. The highest BCUT2D eigenvalue weighted by Crippen LogP contribution is 2.26. The number of hydrogen-bond acceptors (Lipinski definition) is 1. The van der Waals surface area contributed by atoms with Crippen molar-refractivity contribution in [3.63, 3.8) is 0 Å². The van der Waals surface area contributed by atoms with Gasteiger partial charge in [-0.05, 0) is 43.2 Å². The van der Waals surface area contributed by atoms with Crippen LogP contribution in [-0.2, 0) is 6.54 Å². The molecule has 3 heteroatoms. The molecule has 0 saturated carbocycles. The van der Waals surface area contributed by atoms with Crippen LogP contribution < -0.4 is 0 Å². The Labute approximate surface area is 160 Å². The first-order valence-corrected chi connectivity index (χ1v) is 9.26. The molecule has 0 bridgehead atoms. The van der Waals surface area contributed by atoms with Crippen molar-refractivity contribution in [2.45, 2.75) is 26.4 Å². The van der Waals surface area contributed by atoms with E-state index in [1.54, 1.807) is 0 Å². The standard InChI is InChI=1S/C24H22N2O/c1-18-7-6-8-20(15-18)11-12-21-16-23-24(27)26(14-13-25(23)17-21)19(2)22-9-4-3-5-10-22/h3-10,15-17,19H,13-14H2,1-2H3/t19-/m1/s1. The van der Waals surface area contributed by atoms with E-state index in [0.717, 1.165) is 28.9 Å². The summed E-state index contributed by atoms with van der Waals surface area (Å²) in [6.45, 7) is 5.65. The van der Waals surface area contributed by atoms with Gasteiger partial charge in [0.05, 0.1) is 6.04 Å². The molecule has 1 aliphatic heterocycles. The Morgan fingerprint density at radius 2 is 1.70 bits per heavy atom. The summed E-state index contributed by atoms with van der Waals surface area (Å²) in [7, 11) is 0. The van der Waals surface area contributed by atoms with Crippen LogP contribution in [0.15, 0.2) is 66.9 Å². The average Bonchev–Trinajstić information content (AvgIpc) is 3.11. The van der Waals surface area contributed by atoms with Crippen molar-refractivity contribution in [1.82, 2.24) is 9.47 Å². The molecule has 0 aliphatic carbocycles. The molecule has 0 radical (unpaired) electrons. The fourth-order valence-electron chi connectivity index (χ4n) is 3.56. The molecule has 0 spiro atoms. The molecule has 1 aliphatic rings. The lowest BCUT2D eigenvalue weighted by Crippen LogP contribution is -2.41. The topological polar surface area (TPSA) is 25.2 Å². The van der Waals surface area contributed by atoms with E-state index >= 15 is 0 Å². The number of rotatable bonds is 2. The van der Waals surface area contributed by atoms with Gasteiger partial charge >= 0.3 is 0 Å². The Morgan fingerprint density at radius 1 is 0.926 bits per heavy atom. The monoisotopic (exact) mass is 354 g/mol. The summed E-state index contributed by atoms with van der Waals surface area (Å²) in [4.78, 5) is 15.0. The van der Waals surface area contributed by atoms with E-state index in [4.69, 9.17) is 0 Å². The maximum absolute atomic E-state index is 13.0. The van der Waals surface area contributed by atoms with Crippen molar-refractivity contribution in [1.29, 1.82) is 0 Å². The number of carbonyl (C=O) groups excluding carboxylic acids is 1.